The maximum atomic E-state index is 5.76. The van der Waals surface area contributed by atoms with Crippen LogP contribution in [0, 0.1) is 13.8 Å². The maximum absolute atomic E-state index is 5.76. The molecule has 0 saturated carbocycles. The molecule has 0 unspecified atom stereocenters. The number of benzene rings is 1. The van der Waals surface area contributed by atoms with Crippen molar-refractivity contribution in [3.05, 3.63) is 50.1 Å². The van der Waals surface area contributed by atoms with Gasteiger partial charge in [-0.3, -0.25) is 0 Å². The Balaban J connectivity index is 1.74. The third kappa shape index (κ3) is 4.34. The first-order valence-corrected chi connectivity index (χ1v) is 7.96. The quantitative estimate of drug-likeness (QED) is 0.792. The van der Waals surface area contributed by atoms with E-state index in [0.29, 0.717) is 6.61 Å². The third-order valence-electron chi connectivity index (χ3n) is 2.84. The Kier molecular flexibility index (Phi) is 5.43. The van der Waals surface area contributed by atoms with Crippen LogP contribution in [0.15, 0.2) is 34.1 Å². The fraction of sp³-hybridized carbons (Fsp3) is 0.333. The molecule has 2 aromatic rings. The van der Waals surface area contributed by atoms with E-state index in [1.165, 1.54) is 16.0 Å². The molecular weight excluding hydrogens is 322 g/mol. The van der Waals surface area contributed by atoms with Crippen LogP contribution in [-0.4, -0.2) is 13.2 Å². The van der Waals surface area contributed by atoms with E-state index in [1.807, 2.05) is 0 Å². The number of ether oxygens (including phenoxy) is 1. The SMILES string of the molecule is Cc1cc(OCCNCc2cccs2)cc(C)c1Br. The van der Waals surface area contributed by atoms with E-state index in [4.69, 9.17) is 4.74 Å². The Morgan fingerprint density at radius 2 is 2.00 bits per heavy atom. The van der Waals surface area contributed by atoms with Crippen LogP contribution < -0.4 is 10.1 Å². The van der Waals surface area contributed by atoms with Gasteiger partial charge in [0.25, 0.3) is 0 Å². The van der Waals surface area contributed by atoms with Crippen LogP contribution in [0.25, 0.3) is 0 Å². The first kappa shape index (κ1) is 14.6. The second-order valence-electron chi connectivity index (χ2n) is 4.48. The zero-order valence-electron chi connectivity index (χ0n) is 11.2. The number of rotatable bonds is 6. The Bertz CT molecular complexity index is 502. The lowest BCUT2D eigenvalue weighted by Crippen LogP contribution is -2.20. The van der Waals surface area contributed by atoms with Gasteiger partial charge in [0.1, 0.15) is 12.4 Å². The van der Waals surface area contributed by atoms with Crippen molar-refractivity contribution in [1.29, 1.82) is 0 Å². The van der Waals surface area contributed by atoms with Crippen molar-refractivity contribution in [1.82, 2.24) is 5.32 Å². The second kappa shape index (κ2) is 7.08. The smallest absolute Gasteiger partial charge is 0.119 e. The molecule has 0 aliphatic carbocycles. The van der Waals surface area contributed by atoms with Crippen LogP contribution >= 0.6 is 27.3 Å². The molecule has 2 rings (SSSR count). The molecule has 4 heteroatoms. The number of hydrogen-bond acceptors (Lipinski definition) is 3. The lowest BCUT2D eigenvalue weighted by molar-refractivity contribution is 0.313. The minimum absolute atomic E-state index is 0.686. The molecule has 1 N–H and O–H groups in total. The van der Waals surface area contributed by atoms with Gasteiger partial charge < -0.3 is 10.1 Å². The highest BCUT2D eigenvalue weighted by atomic mass is 79.9. The summed E-state index contributed by atoms with van der Waals surface area (Å²) in [7, 11) is 0. The Morgan fingerprint density at radius 1 is 1.26 bits per heavy atom. The maximum Gasteiger partial charge on any atom is 0.119 e. The summed E-state index contributed by atoms with van der Waals surface area (Å²) in [6.45, 7) is 6.62. The summed E-state index contributed by atoms with van der Waals surface area (Å²) < 4.78 is 6.92. The van der Waals surface area contributed by atoms with Gasteiger partial charge in [-0.05, 0) is 48.6 Å². The Labute approximate surface area is 126 Å². The Morgan fingerprint density at radius 3 is 2.63 bits per heavy atom. The zero-order chi connectivity index (χ0) is 13.7. The van der Waals surface area contributed by atoms with Crippen molar-refractivity contribution >= 4 is 27.3 Å². The molecule has 102 valence electrons. The van der Waals surface area contributed by atoms with E-state index in [-0.39, 0.29) is 0 Å². The van der Waals surface area contributed by atoms with Crippen LogP contribution in [-0.2, 0) is 6.54 Å². The summed E-state index contributed by atoms with van der Waals surface area (Å²) in [5.74, 6) is 0.941. The van der Waals surface area contributed by atoms with Gasteiger partial charge in [0, 0.05) is 22.4 Å². The fourth-order valence-electron chi connectivity index (χ4n) is 1.86. The monoisotopic (exact) mass is 339 g/mol. The molecule has 1 aromatic heterocycles. The number of aryl methyl sites for hydroxylation is 2. The summed E-state index contributed by atoms with van der Waals surface area (Å²) in [6, 6.07) is 8.35. The topological polar surface area (TPSA) is 21.3 Å². The summed E-state index contributed by atoms with van der Waals surface area (Å²) in [6.07, 6.45) is 0. The van der Waals surface area contributed by atoms with E-state index in [0.717, 1.165) is 23.3 Å². The molecule has 0 bridgehead atoms. The summed E-state index contributed by atoms with van der Waals surface area (Å²) in [4.78, 5) is 1.36. The molecule has 0 saturated heterocycles. The van der Waals surface area contributed by atoms with Gasteiger partial charge in [-0.1, -0.05) is 22.0 Å². The van der Waals surface area contributed by atoms with E-state index >= 15 is 0 Å². The minimum atomic E-state index is 0.686. The molecule has 2 nitrogen and oxygen atoms in total. The van der Waals surface area contributed by atoms with Gasteiger partial charge >= 0.3 is 0 Å². The molecule has 0 aliphatic rings. The average molecular weight is 340 g/mol. The lowest BCUT2D eigenvalue weighted by Gasteiger charge is -2.10. The van der Waals surface area contributed by atoms with Crippen molar-refractivity contribution in [2.24, 2.45) is 0 Å². The molecule has 0 atom stereocenters. The predicted octanol–water partition coefficient (Wildman–Crippen LogP) is 4.30. The van der Waals surface area contributed by atoms with Gasteiger partial charge in [0.05, 0.1) is 0 Å². The molecule has 1 aromatic carbocycles. The normalized spacial score (nSPS) is 10.7. The first-order chi connectivity index (χ1) is 9.16. The van der Waals surface area contributed by atoms with Crippen molar-refractivity contribution < 1.29 is 4.74 Å². The van der Waals surface area contributed by atoms with Crippen molar-refractivity contribution in [3.63, 3.8) is 0 Å². The average Bonchev–Trinajstić information content (AvgIpc) is 2.88. The molecule has 19 heavy (non-hydrogen) atoms. The molecule has 0 aliphatic heterocycles. The number of hydrogen-bond donors (Lipinski definition) is 1. The zero-order valence-corrected chi connectivity index (χ0v) is 13.6. The van der Waals surface area contributed by atoms with Crippen LogP contribution in [0.3, 0.4) is 0 Å². The highest BCUT2D eigenvalue weighted by Crippen LogP contribution is 2.26. The van der Waals surface area contributed by atoms with Gasteiger partial charge in [-0.25, -0.2) is 0 Å². The molecule has 1 heterocycles. The number of thiophene rings is 1. The van der Waals surface area contributed by atoms with Gasteiger partial charge in [0.2, 0.25) is 0 Å². The van der Waals surface area contributed by atoms with Crippen LogP contribution in [0.5, 0.6) is 5.75 Å². The first-order valence-electron chi connectivity index (χ1n) is 6.29. The predicted molar refractivity (Wildman–Crippen MR) is 85.1 cm³/mol. The minimum Gasteiger partial charge on any atom is -0.492 e. The molecule has 0 fully saturated rings. The van der Waals surface area contributed by atoms with Crippen molar-refractivity contribution in [3.8, 4) is 5.75 Å². The standard InChI is InChI=1S/C15H18BrNOS/c1-11-8-13(9-12(2)15(11)16)18-6-5-17-10-14-4-3-7-19-14/h3-4,7-9,17H,5-6,10H2,1-2H3. The van der Waals surface area contributed by atoms with Crippen molar-refractivity contribution in [2.45, 2.75) is 20.4 Å². The summed E-state index contributed by atoms with van der Waals surface area (Å²) in [5.41, 5.74) is 2.42. The van der Waals surface area contributed by atoms with Crippen LogP contribution in [0.4, 0.5) is 0 Å². The van der Waals surface area contributed by atoms with Crippen LogP contribution in [0.2, 0.25) is 0 Å². The second-order valence-corrected chi connectivity index (χ2v) is 6.30. The lowest BCUT2D eigenvalue weighted by atomic mass is 10.1. The van der Waals surface area contributed by atoms with E-state index < -0.39 is 0 Å². The summed E-state index contributed by atoms with van der Waals surface area (Å²) in [5, 5.41) is 5.47. The highest BCUT2D eigenvalue weighted by Gasteiger charge is 2.03. The molecular formula is C15H18BrNOS. The van der Waals surface area contributed by atoms with Gasteiger partial charge in [-0.2, -0.15) is 0 Å². The van der Waals surface area contributed by atoms with Gasteiger partial charge in [0.15, 0.2) is 0 Å². The Hall–Kier alpha value is -0.840. The summed E-state index contributed by atoms with van der Waals surface area (Å²) >= 11 is 5.34. The fourth-order valence-corrected chi connectivity index (χ4v) is 2.76. The highest BCUT2D eigenvalue weighted by molar-refractivity contribution is 9.10. The van der Waals surface area contributed by atoms with Crippen molar-refractivity contribution in [2.75, 3.05) is 13.2 Å². The molecule has 0 spiro atoms. The molecule has 0 amide bonds. The number of nitrogens with one attached hydrogen (secondary N) is 1. The third-order valence-corrected chi connectivity index (χ3v) is 4.96. The van der Waals surface area contributed by atoms with E-state index in [1.54, 1.807) is 11.3 Å². The van der Waals surface area contributed by atoms with E-state index in [9.17, 15) is 0 Å². The van der Waals surface area contributed by atoms with Gasteiger partial charge in [-0.15, -0.1) is 11.3 Å². The number of halogens is 1. The van der Waals surface area contributed by atoms with Crippen LogP contribution in [0.1, 0.15) is 16.0 Å². The van der Waals surface area contributed by atoms with E-state index in [2.05, 4.69) is 64.7 Å². The largest absolute Gasteiger partial charge is 0.492 e. The molecule has 0 radical (unpaired) electrons.